The zero-order valence-corrected chi connectivity index (χ0v) is 15.2. The van der Waals surface area contributed by atoms with Gasteiger partial charge in [-0.1, -0.05) is 12.1 Å². The number of hydrogen-bond acceptors (Lipinski definition) is 3. The molecule has 4 saturated carbocycles. The van der Waals surface area contributed by atoms with Gasteiger partial charge in [0.25, 0.3) is 0 Å². The summed E-state index contributed by atoms with van der Waals surface area (Å²) in [6, 6.07) is 8.09. The lowest BCUT2D eigenvalue weighted by atomic mass is 9.49. The van der Waals surface area contributed by atoms with Crippen molar-refractivity contribution in [2.75, 3.05) is 6.54 Å². The van der Waals surface area contributed by atoms with Gasteiger partial charge in [-0.15, -0.1) is 11.3 Å². The highest BCUT2D eigenvalue weighted by atomic mass is 32.1. The molecule has 1 aromatic carbocycles. The molecule has 25 heavy (non-hydrogen) atoms. The lowest BCUT2D eigenvalue weighted by Gasteiger charge is -2.56. The molecular formula is C21H24N2OS. The third kappa shape index (κ3) is 3.01. The molecule has 1 heterocycles. The van der Waals surface area contributed by atoms with Crippen LogP contribution in [0.1, 0.15) is 43.5 Å². The van der Waals surface area contributed by atoms with E-state index in [2.05, 4.69) is 16.4 Å². The summed E-state index contributed by atoms with van der Waals surface area (Å²) < 4.78 is 1.16. The molecule has 0 radical (unpaired) electrons. The van der Waals surface area contributed by atoms with E-state index in [0.29, 0.717) is 5.41 Å². The molecule has 1 amide bonds. The van der Waals surface area contributed by atoms with E-state index in [-0.39, 0.29) is 5.91 Å². The number of rotatable bonds is 4. The average molecular weight is 353 g/mol. The van der Waals surface area contributed by atoms with E-state index in [9.17, 15) is 4.79 Å². The minimum absolute atomic E-state index is 0.0231. The average Bonchev–Trinajstić information content (AvgIpc) is 3.00. The molecule has 0 saturated heterocycles. The zero-order chi connectivity index (χ0) is 16.9. The van der Waals surface area contributed by atoms with Gasteiger partial charge >= 0.3 is 0 Å². The van der Waals surface area contributed by atoms with Crippen molar-refractivity contribution in [2.45, 2.75) is 38.5 Å². The maximum absolute atomic E-state index is 12.3. The predicted octanol–water partition coefficient (Wildman–Crippen LogP) is 4.64. The molecule has 4 heteroatoms. The first-order valence-electron chi connectivity index (χ1n) is 9.49. The van der Waals surface area contributed by atoms with Crippen LogP contribution in [0.4, 0.5) is 0 Å². The second-order valence-corrected chi connectivity index (χ2v) is 9.55. The number of fused-ring (bicyclic) bond motifs is 1. The van der Waals surface area contributed by atoms with E-state index in [1.807, 2.05) is 24.3 Å². The van der Waals surface area contributed by atoms with E-state index >= 15 is 0 Å². The summed E-state index contributed by atoms with van der Waals surface area (Å²) in [5, 5.41) is 4.09. The maximum atomic E-state index is 12.3. The minimum Gasteiger partial charge on any atom is -0.352 e. The van der Waals surface area contributed by atoms with Crippen LogP contribution in [0.5, 0.6) is 0 Å². The van der Waals surface area contributed by atoms with Crippen molar-refractivity contribution in [1.29, 1.82) is 0 Å². The smallest absolute Gasteiger partial charge is 0.244 e. The van der Waals surface area contributed by atoms with E-state index < -0.39 is 0 Å². The van der Waals surface area contributed by atoms with Gasteiger partial charge in [-0.2, -0.15) is 0 Å². The molecule has 4 bridgehead atoms. The number of benzene rings is 1. The van der Waals surface area contributed by atoms with Crippen LogP contribution in [0.3, 0.4) is 0 Å². The van der Waals surface area contributed by atoms with Crippen LogP contribution in [-0.2, 0) is 4.79 Å². The summed E-state index contributed by atoms with van der Waals surface area (Å²) in [5.41, 5.74) is 1.40. The fourth-order valence-corrected chi connectivity index (χ4v) is 6.82. The molecular weight excluding hydrogens is 328 g/mol. The molecule has 0 aliphatic heterocycles. The Kier molecular flexibility index (Phi) is 3.70. The SMILES string of the molecule is O=C(/C=C/c1nc2ccccc2s1)NCC12CC3CC(CC(C3)C1)C2. The van der Waals surface area contributed by atoms with Gasteiger partial charge in [0.1, 0.15) is 5.01 Å². The topological polar surface area (TPSA) is 42.0 Å². The summed E-state index contributed by atoms with van der Waals surface area (Å²) in [6.45, 7) is 0.861. The van der Waals surface area contributed by atoms with E-state index in [1.165, 1.54) is 38.5 Å². The van der Waals surface area contributed by atoms with Gasteiger partial charge in [0.05, 0.1) is 10.2 Å². The first kappa shape index (κ1) is 15.6. The van der Waals surface area contributed by atoms with Crippen molar-refractivity contribution in [1.82, 2.24) is 10.3 Å². The highest BCUT2D eigenvalue weighted by Crippen LogP contribution is 2.59. The van der Waals surface area contributed by atoms with Gasteiger partial charge in [0.2, 0.25) is 5.91 Å². The number of para-hydroxylation sites is 1. The Labute approximate surface area is 152 Å². The Balaban J connectivity index is 1.22. The van der Waals surface area contributed by atoms with E-state index in [4.69, 9.17) is 0 Å². The van der Waals surface area contributed by atoms with Crippen molar-refractivity contribution >= 4 is 33.5 Å². The fourth-order valence-electron chi connectivity index (χ4n) is 5.95. The first-order valence-corrected chi connectivity index (χ1v) is 10.3. The quantitative estimate of drug-likeness (QED) is 0.814. The Bertz CT molecular complexity index is 769. The summed E-state index contributed by atoms with van der Waals surface area (Å²) in [7, 11) is 0. The number of carbonyl (C=O) groups excluding carboxylic acids is 1. The zero-order valence-electron chi connectivity index (χ0n) is 14.4. The maximum Gasteiger partial charge on any atom is 0.244 e. The molecule has 6 rings (SSSR count). The molecule has 3 nitrogen and oxygen atoms in total. The molecule has 2 aromatic rings. The van der Waals surface area contributed by atoms with Gasteiger partial charge < -0.3 is 5.32 Å². The van der Waals surface area contributed by atoms with Crippen LogP contribution in [0.15, 0.2) is 30.3 Å². The largest absolute Gasteiger partial charge is 0.352 e. The molecule has 1 N–H and O–H groups in total. The van der Waals surface area contributed by atoms with E-state index in [0.717, 1.165) is 39.5 Å². The first-order chi connectivity index (χ1) is 12.2. The molecule has 0 spiro atoms. The summed E-state index contributed by atoms with van der Waals surface area (Å²) in [6.07, 6.45) is 11.8. The Hall–Kier alpha value is -1.68. The van der Waals surface area contributed by atoms with Gasteiger partial charge in [-0.3, -0.25) is 4.79 Å². The third-order valence-electron chi connectivity index (χ3n) is 6.49. The number of hydrogen-bond donors (Lipinski definition) is 1. The Morgan fingerprint density at radius 2 is 1.84 bits per heavy atom. The van der Waals surface area contributed by atoms with Crippen LogP contribution >= 0.6 is 11.3 Å². The predicted molar refractivity (Wildman–Crippen MR) is 102 cm³/mol. The Morgan fingerprint density at radius 3 is 2.52 bits per heavy atom. The van der Waals surface area contributed by atoms with Crippen LogP contribution in [-0.4, -0.2) is 17.4 Å². The molecule has 0 atom stereocenters. The summed E-state index contributed by atoms with van der Waals surface area (Å²) >= 11 is 1.63. The molecule has 4 aliphatic rings. The number of carbonyl (C=O) groups is 1. The summed E-state index contributed by atoms with van der Waals surface area (Å²) in [5.74, 6) is 2.82. The number of thiazole rings is 1. The van der Waals surface area contributed by atoms with Gasteiger partial charge in [0.15, 0.2) is 0 Å². The standard InChI is InChI=1S/C21H24N2OS/c24-19(5-6-20-23-17-3-1-2-4-18(17)25-20)22-13-21-10-14-7-15(11-21)9-16(8-14)12-21/h1-6,14-16H,7-13H2,(H,22,24)/b6-5+. The minimum atomic E-state index is 0.0231. The van der Waals surface area contributed by atoms with Crippen molar-refractivity contribution in [3.8, 4) is 0 Å². The number of aromatic nitrogens is 1. The van der Waals surface area contributed by atoms with Crippen molar-refractivity contribution in [3.05, 3.63) is 35.3 Å². The fraction of sp³-hybridized carbons (Fsp3) is 0.524. The van der Waals surface area contributed by atoms with Crippen molar-refractivity contribution in [2.24, 2.45) is 23.2 Å². The Morgan fingerprint density at radius 1 is 1.16 bits per heavy atom. The monoisotopic (exact) mass is 352 g/mol. The van der Waals surface area contributed by atoms with E-state index in [1.54, 1.807) is 17.4 Å². The van der Waals surface area contributed by atoms with Crippen LogP contribution in [0, 0.1) is 23.2 Å². The molecule has 1 aromatic heterocycles. The second-order valence-electron chi connectivity index (χ2n) is 8.49. The lowest BCUT2D eigenvalue weighted by molar-refractivity contribution is -0.118. The number of amides is 1. The van der Waals surface area contributed by atoms with Crippen molar-refractivity contribution in [3.63, 3.8) is 0 Å². The normalized spacial score (nSPS) is 33.4. The summed E-state index contributed by atoms with van der Waals surface area (Å²) in [4.78, 5) is 16.9. The highest BCUT2D eigenvalue weighted by molar-refractivity contribution is 7.19. The number of nitrogens with one attached hydrogen (secondary N) is 1. The van der Waals surface area contributed by atoms with Crippen LogP contribution < -0.4 is 5.32 Å². The van der Waals surface area contributed by atoms with Crippen LogP contribution in [0.2, 0.25) is 0 Å². The third-order valence-corrected chi connectivity index (χ3v) is 7.49. The van der Waals surface area contributed by atoms with Gasteiger partial charge in [-0.25, -0.2) is 4.98 Å². The molecule has 4 fully saturated rings. The number of nitrogens with zero attached hydrogens (tertiary/aromatic N) is 1. The van der Waals surface area contributed by atoms with Gasteiger partial charge in [0, 0.05) is 12.6 Å². The molecule has 4 aliphatic carbocycles. The van der Waals surface area contributed by atoms with Gasteiger partial charge in [-0.05, 0) is 79.9 Å². The van der Waals surface area contributed by atoms with Crippen LogP contribution in [0.25, 0.3) is 16.3 Å². The molecule has 0 unspecified atom stereocenters. The van der Waals surface area contributed by atoms with Crippen molar-refractivity contribution < 1.29 is 4.79 Å². The highest BCUT2D eigenvalue weighted by Gasteiger charge is 2.50. The lowest BCUT2D eigenvalue weighted by Crippen LogP contribution is -2.51. The molecule has 130 valence electrons. The second kappa shape index (κ2) is 5.94.